The number of rotatable bonds is 7. The average molecular weight is 429 g/mol. The summed E-state index contributed by atoms with van der Waals surface area (Å²) in [5.41, 5.74) is 2.34. The van der Waals surface area contributed by atoms with E-state index in [0.717, 1.165) is 36.4 Å². The zero-order valence-electron chi connectivity index (χ0n) is 18.9. The second kappa shape index (κ2) is 9.96. The van der Waals surface area contributed by atoms with Crippen molar-refractivity contribution in [3.63, 3.8) is 0 Å². The first-order valence-electron chi connectivity index (χ1n) is 11.9. The van der Waals surface area contributed by atoms with Gasteiger partial charge in [-0.25, -0.2) is 9.67 Å². The lowest BCUT2D eigenvalue weighted by molar-refractivity contribution is 0.0615. The SMILES string of the molecule is CCn1ncc2c(NC(C)C3CCCCC3)c(C(=O)N3CCN(CCO)CC3)cnc21. The van der Waals surface area contributed by atoms with Crippen LogP contribution in [0.2, 0.25) is 0 Å². The maximum Gasteiger partial charge on any atom is 0.257 e. The van der Waals surface area contributed by atoms with Gasteiger partial charge in [-0.3, -0.25) is 9.69 Å². The Labute approximate surface area is 184 Å². The van der Waals surface area contributed by atoms with E-state index in [1.165, 1.54) is 32.1 Å². The molecule has 1 atom stereocenters. The van der Waals surface area contributed by atoms with E-state index in [1.54, 1.807) is 6.20 Å². The quantitative estimate of drug-likeness (QED) is 0.705. The molecule has 0 spiro atoms. The first-order valence-corrected chi connectivity index (χ1v) is 11.9. The van der Waals surface area contributed by atoms with E-state index in [2.05, 4.69) is 34.1 Å². The third kappa shape index (κ3) is 4.70. The number of aromatic nitrogens is 3. The van der Waals surface area contributed by atoms with Crippen LogP contribution in [0.3, 0.4) is 0 Å². The molecule has 1 saturated carbocycles. The van der Waals surface area contributed by atoms with Crippen molar-refractivity contribution < 1.29 is 9.90 Å². The summed E-state index contributed by atoms with van der Waals surface area (Å²) in [6, 6.07) is 0.295. The van der Waals surface area contributed by atoms with Crippen molar-refractivity contribution in [2.24, 2.45) is 5.92 Å². The molecule has 2 aromatic heterocycles. The molecule has 31 heavy (non-hydrogen) atoms. The second-order valence-corrected chi connectivity index (χ2v) is 8.93. The van der Waals surface area contributed by atoms with Crippen LogP contribution in [-0.4, -0.2) is 81.0 Å². The number of carbonyl (C=O) groups is 1. The topological polar surface area (TPSA) is 86.5 Å². The van der Waals surface area contributed by atoms with E-state index < -0.39 is 0 Å². The number of anilines is 1. The van der Waals surface area contributed by atoms with Crippen LogP contribution >= 0.6 is 0 Å². The smallest absolute Gasteiger partial charge is 0.257 e. The number of hydrogen-bond donors (Lipinski definition) is 2. The molecular weight excluding hydrogens is 392 g/mol. The number of carbonyl (C=O) groups excluding carboxylic acids is 1. The van der Waals surface area contributed by atoms with Crippen LogP contribution in [0.25, 0.3) is 11.0 Å². The minimum Gasteiger partial charge on any atom is -0.395 e. The summed E-state index contributed by atoms with van der Waals surface area (Å²) in [6.45, 7) is 8.78. The zero-order chi connectivity index (χ0) is 21.8. The van der Waals surface area contributed by atoms with Gasteiger partial charge in [0.2, 0.25) is 0 Å². The molecule has 2 aromatic rings. The maximum absolute atomic E-state index is 13.5. The van der Waals surface area contributed by atoms with Gasteiger partial charge in [0.25, 0.3) is 5.91 Å². The Kier molecular flexibility index (Phi) is 7.07. The largest absolute Gasteiger partial charge is 0.395 e. The number of β-amino-alcohol motifs (C(OH)–C–C–N with tert-alkyl or cyclic N) is 1. The predicted octanol–water partition coefficient (Wildman–Crippen LogP) is 2.58. The Morgan fingerprint density at radius 2 is 1.94 bits per heavy atom. The van der Waals surface area contributed by atoms with E-state index in [4.69, 9.17) is 0 Å². The highest BCUT2D eigenvalue weighted by molar-refractivity contribution is 6.06. The fourth-order valence-electron chi connectivity index (χ4n) is 5.04. The summed E-state index contributed by atoms with van der Waals surface area (Å²) in [5, 5.41) is 18.3. The fourth-order valence-corrected chi connectivity index (χ4v) is 5.04. The van der Waals surface area contributed by atoms with Gasteiger partial charge < -0.3 is 15.3 Å². The van der Waals surface area contributed by atoms with Crippen molar-refractivity contribution in [1.29, 1.82) is 0 Å². The molecule has 8 nitrogen and oxygen atoms in total. The second-order valence-electron chi connectivity index (χ2n) is 8.93. The van der Waals surface area contributed by atoms with Crippen molar-refractivity contribution in [2.75, 3.05) is 44.6 Å². The van der Waals surface area contributed by atoms with Gasteiger partial charge in [-0.2, -0.15) is 5.10 Å². The van der Waals surface area contributed by atoms with Crippen molar-refractivity contribution in [1.82, 2.24) is 24.6 Å². The Bertz CT molecular complexity index is 884. The van der Waals surface area contributed by atoms with Gasteiger partial charge in [0, 0.05) is 51.5 Å². The normalized spacial score (nSPS) is 19.6. The molecule has 2 fully saturated rings. The lowest BCUT2D eigenvalue weighted by atomic mass is 9.84. The average Bonchev–Trinajstić information content (AvgIpc) is 3.24. The zero-order valence-corrected chi connectivity index (χ0v) is 18.9. The van der Waals surface area contributed by atoms with Crippen LogP contribution in [0.15, 0.2) is 12.4 Å². The molecule has 4 rings (SSSR count). The molecule has 2 aliphatic rings. The fraction of sp³-hybridized carbons (Fsp3) is 0.696. The Hall–Kier alpha value is -2.19. The van der Waals surface area contributed by atoms with Crippen LogP contribution in [0.5, 0.6) is 0 Å². The van der Waals surface area contributed by atoms with E-state index >= 15 is 0 Å². The molecule has 0 bridgehead atoms. The lowest BCUT2D eigenvalue weighted by Gasteiger charge is -2.35. The molecule has 2 N–H and O–H groups in total. The number of pyridine rings is 1. The minimum atomic E-state index is 0.0284. The Morgan fingerprint density at radius 3 is 2.61 bits per heavy atom. The molecular formula is C23H36N6O2. The van der Waals surface area contributed by atoms with Gasteiger partial charge in [-0.15, -0.1) is 0 Å². The number of nitrogens with one attached hydrogen (secondary N) is 1. The van der Waals surface area contributed by atoms with Crippen molar-refractivity contribution in [3.8, 4) is 0 Å². The van der Waals surface area contributed by atoms with E-state index in [-0.39, 0.29) is 12.5 Å². The third-order valence-corrected chi connectivity index (χ3v) is 7.00. The molecule has 1 aliphatic heterocycles. The summed E-state index contributed by atoms with van der Waals surface area (Å²) in [4.78, 5) is 22.2. The highest BCUT2D eigenvalue weighted by Gasteiger charge is 2.28. The van der Waals surface area contributed by atoms with Gasteiger partial charge in [0.05, 0.1) is 29.4 Å². The van der Waals surface area contributed by atoms with Crippen LogP contribution < -0.4 is 5.32 Å². The number of aliphatic hydroxyl groups is 1. The molecule has 170 valence electrons. The van der Waals surface area contributed by atoms with E-state index in [9.17, 15) is 9.90 Å². The highest BCUT2D eigenvalue weighted by atomic mass is 16.3. The number of aryl methyl sites for hydroxylation is 1. The van der Waals surface area contributed by atoms with Crippen LogP contribution in [0.4, 0.5) is 5.69 Å². The molecule has 1 aliphatic carbocycles. The van der Waals surface area contributed by atoms with Gasteiger partial charge in [-0.1, -0.05) is 19.3 Å². The first kappa shape index (κ1) is 22.0. The maximum atomic E-state index is 13.5. The van der Waals surface area contributed by atoms with Crippen molar-refractivity contribution >= 4 is 22.6 Å². The van der Waals surface area contributed by atoms with Gasteiger partial charge >= 0.3 is 0 Å². The minimum absolute atomic E-state index is 0.0284. The predicted molar refractivity (Wildman–Crippen MR) is 122 cm³/mol. The Balaban J connectivity index is 1.61. The van der Waals surface area contributed by atoms with E-state index in [1.807, 2.05) is 15.8 Å². The standard InChI is InChI=1S/C23H36N6O2/c1-3-29-22-19(16-25-29)21(26-17(2)18-7-5-4-6-8-18)20(15-24-22)23(31)28-11-9-27(10-12-28)13-14-30/h15-18,30H,3-14H2,1-2H3,(H,24,26). The molecule has 1 unspecified atom stereocenters. The number of amides is 1. The summed E-state index contributed by atoms with van der Waals surface area (Å²) in [6.07, 6.45) is 9.98. The summed E-state index contributed by atoms with van der Waals surface area (Å²) >= 11 is 0. The number of nitrogens with zero attached hydrogens (tertiary/aromatic N) is 5. The van der Waals surface area contributed by atoms with E-state index in [0.29, 0.717) is 37.2 Å². The summed E-state index contributed by atoms with van der Waals surface area (Å²) in [7, 11) is 0. The first-order chi connectivity index (χ1) is 15.1. The molecule has 3 heterocycles. The third-order valence-electron chi connectivity index (χ3n) is 7.00. The lowest BCUT2D eigenvalue weighted by Crippen LogP contribution is -2.49. The van der Waals surface area contributed by atoms with Gasteiger partial charge in [-0.05, 0) is 32.6 Å². The monoisotopic (exact) mass is 428 g/mol. The molecule has 1 saturated heterocycles. The summed E-state index contributed by atoms with van der Waals surface area (Å²) < 4.78 is 1.88. The van der Waals surface area contributed by atoms with Crippen molar-refractivity contribution in [3.05, 3.63) is 18.0 Å². The number of aliphatic hydroxyl groups excluding tert-OH is 1. The number of fused-ring (bicyclic) bond motifs is 1. The molecule has 1 amide bonds. The molecule has 0 radical (unpaired) electrons. The van der Waals surface area contributed by atoms with Crippen molar-refractivity contribution in [2.45, 2.75) is 58.5 Å². The van der Waals surface area contributed by atoms with Crippen LogP contribution in [0.1, 0.15) is 56.3 Å². The van der Waals surface area contributed by atoms with Crippen LogP contribution in [-0.2, 0) is 6.54 Å². The van der Waals surface area contributed by atoms with Gasteiger partial charge in [0.1, 0.15) is 0 Å². The Morgan fingerprint density at radius 1 is 1.19 bits per heavy atom. The molecule has 0 aromatic carbocycles. The van der Waals surface area contributed by atoms with Crippen LogP contribution in [0, 0.1) is 5.92 Å². The number of hydrogen-bond acceptors (Lipinski definition) is 6. The molecule has 8 heteroatoms. The van der Waals surface area contributed by atoms with Gasteiger partial charge in [0.15, 0.2) is 5.65 Å². The summed E-state index contributed by atoms with van der Waals surface area (Å²) in [5.74, 6) is 0.656. The number of piperazine rings is 1. The highest BCUT2D eigenvalue weighted by Crippen LogP contribution is 2.32.